The molecule has 0 amide bonds. The van der Waals surface area contributed by atoms with E-state index in [4.69, 9.17) is 4.74 Å². The van der Waals surface area contributed by atoms with Crippen LogP contribution in [0, 0.1) is 16.0 Å². The van der Waals surface area contributed by atoms with E-state index < -0.39 is 4.92 Å². The number of hydrogen-bond acceptors (Lipinski definition) is 5. The van der Waals surface area contributed by atoms with E-state index in [9.17, 15) is 10.1 Å². The van der Waals surface area contributed by atoms with E-state index in [0.29, 0.717) is 5.92 Å². The van der Waals surface area contributed by atoms with Crippen LogP contribution in [0.15, 0.2) is 18.2 Å². The van der Waals surface area contributed by atoms with Crippen molar-refractivity contribution in [2.75, 3.05) is 32.1 Å². The van der Waals surface area contributed by atoms with Gasteiger partial charge in [0.25, 0.3) is 0 Å². The summed E-state index contributed by atoms with van der Waals surface area (Å²) in [4.78, 5) is 10.3. The normalized spacial score (nSPS) is 18.6. The molecule has 6 heteroatoms. The van der Waals surface area contributed by atoms with Gasteiger partial charge in [-0.3, -0.25) is 10.1 Å². The molecule has 1 aromatic carbocycles. The third-order valence-electron chi connectivity index (χ3n) is 3.13. The van der Waals surface area contributed by atoms with Gasteiger partial charge in [0, 0.05) is 24.4 Å². The van der Waals surface area contributed by atoms with E-state index in [1.807, 2.05) is 0 Å². The lowest BCUT2D eigenvalue weighted by molar-refractivity contribution is -0.385. The van der Waals surface area contributed by atoms with Gasteiger partial charge in [-0.1, -0.05) is 0 Å². The molecule has 0 saturated carbocycles. The summed E-state index contributed by atoms with van der Waals surface area (Å²) in [5.41, 5.74) is 0.843. The van der Waals surface area contributed by atoms with Crippen LogP contribution in [0.5, 0.6) is 5.75 Å². The van der Waals surface area contributed by atoms with Crippen molar-refractivity contribution in [1.82, 2.24) is 5.32 Å². The van der Waals surface area contributed by atoms with Crippen molar-refractivity contribution in [3.63, 3.8) is 0 Å². The molecule has 0 aliphatic carbocycles. The minimum atomic E-state index is -0.441. The van der Waals surface area contributed by atoms with Crippen molar-refractivity contribution < 1.29 is 9.66 Å². The number of rotatable bonds is 5. The van der Waals surface area contributed by atoms with Crippen LogP contribution in [0.4, 0.5) is 11.4 Å². The van der Waals surface area contributed by atoms with Crippen LogP contribution in [-0.2, 0) is 0 Å². The maximum atomic E-state index is 10.8. The highest BCUT2D eigenvalue weighted by atomic mass is 16.6. The molecule has 0 bridgehead atoms. The largest absolute Gasteiger partial charge is 0.490 e. The Balaban J connectivity index is 2.02. The van der Waals surface area contributed by atoms with Crippen molar-refractivity contribution in [1.29, 1.82) is 0 Å². The Labute approximate surface area is 105 Å². The van der Waals surface area contributed by atoms with Gasteiger partial charge >= 0.3 is 5.69 Å². The monoisotopic (exact) mass is 251 g/mol. The van der Waals surface area contributed by atoms with Gasteiger partial charge in [-0.25, -0.2) is 0 Å². The first-order valence-corrected chi connectivity index (χ1v) is 5.97. The number of nitrogens with zero attached hydrogens (tertiary/aromatic N) is 1. The van der Waals surface area contributed by atoms with E-state index in [0.717, 1.165) is 31.7 Å². The molecule has 2 rings (SSSR count). The van der Waals surface area contributed by atoms with E-state index in [-0.39, 0.29) is 11.4 Å². The lowest BCUT2D eigenvalue weighted by Gasteiger charge is -2.12. The van der Waals surface area contributed by atoms with Crippen LogP contribution in [-0.4, -0.2) is 31.7 Å². The molecule has 98 valence electrons. The third-order valence-corrected chi connectivity index (χ3v) is 3.13. The van der Waals surface area contributed by atoms with Crippen molar-refractivity contribution in [3.8, 4) is 5.75 Å². The Morgan fingerprint density at radius 1 is 1.61 bits per heavy atom. The van der Waals surface area contributed by atoms with Gasteiger partial charge in [-0.05, 0) is 31.5 Å². The summed E-state index contributed by atoms with van der Waals surface area (Å²) in [5.74, 6) is 0.903. The summed E-state index contributed by atoms with van der Waals surface area (Å²) < 4.78 is 5.03. The Morgan fingerprint density at radius 3 is 3.06 bits per heavy atom. The van der Waals surface area contributed by atoms with E-state index in [1.54, 1.807) is 12.1 Å². The van der Waals surface area contributed by atoms with Crippen molar-refractivity contribution >= 4 is 11.4 Å². The zero-order valence-electron chi connectivity index (χ0n) is 10.3. The average molecular weight is 251 g/mol. The van der Waals surface area contributed by atoms with Gasteiger partial charge in [-0.15, -0.1) is 0 Å². The van der Waals surface area contributed by atoms with Gasteiger partial charge in [0.05, 0.1) is 12.0 Å². The first kappa shape index (κ1) is 12.6. The van der Waals surface area contributed by atoms with Gasteiger partial charge in [-0.2, -0.15) is 0 Å². The molecule has 1 atom stereocenters. The second kappa shape index (κ2) is 5.68. The first-order valence-electron chi connectivity index (χ1n) is 5.97. The Kier molecular flexibility index (Phi) is 3.99. The maximum absolute atomic E-state index is 10.8. The van der Waals surface area contributed by atoms with Gasteiger partial charge in [0.15, 0.2) is 5.75 Å². The summed E-state index contributed by atoms with van der Waals surface area (Å²) in [6.45, 7) is 2.96. The van der Waals surface area contributed by atoms with E-state index >= 15 is 0 Å². The van der Waals surface area contributed by atoms with Gasteiger partial charge in [0.1, 0.15) is 0 Å². The molecule has 1 aromatic rings. The quantitative estimate of drug-likeness (QED) is 0.614. The standard InChI is InChI=1S/C12H17N3O3/c1-18-12-6-10(2-3-11(12)15(16)17)14-8-9-4-5-13-7-9/h2-3,6,9,13-14H,4-5,7-8H2,1H3. The maximum Gasteiger partial charge on any atom is 0.311 e. The van der Waals surface area contributed by atoms with Gasteiger partial charge in [0.2, 0.25) is 0 Å². The van der Waals surface area contributed by atoms with Crippen LogP contribution in [0.1, 0.15) is 6.42 Å². The number of nitro benzene ring substituents is 1. The topological polar surface area (TPSA) is 76.4 Å². The summed E-state index contributed by atoms with van der Waals surface area (Å²) in [6, 6.07) is 4.84. The summed E-state index contributed by atoms with van der Waals surface area (Å²) in [7, 11) is 1.44. The van der Waals surface area contributed by atoms with Crippen LogP contribution in [0.2, 0.25) is 0 Å². The number of ether oxygens (including phenoxy) is 1. The van der Waals surface area contributed by atoms with Crippen LogP contribution < -0.4 is 15.4 Å². The molecular weight excluding hydrogens is 234 g/mol. The molecule has 1 heterocycles. The third kappa shape index (κ3) is 2.89. The molecule has 0 radical (unpaired) electrons. The Hall–Kier alpha value is -1.82. The number of anilines is 1. The minimum Gasteiger partial charge on any atom is -0.490 e. The smallest absolute Gasteiger partial charge is 0.311 e. The van der Waals surface area contributed by atoms with Crippen molar-refractivity contribution in [2.24, 2.45) is 5.92 Å². The molecule has 0 spiro atoms. The molecule has 1 aliphatic rings. The lowest BCUT2D eigenvalue weighted by atomic mass is 10.1. The number of benzene rings is 1. The minimum absolute atomic E-state index is 0.00872. The fourth-order valence-electron chi connectivity index (χ4n) is 2.09. The molecular formula is C12H17N3O3. The average Bonchev–Trinajstić information content (AvgIpc) is 2.88. The fraction of sp³-hybridized carbons (Fsp3) is 0.500. The second-order valence-corrected chi connectivity index (χ2v) is 4.38. The number of methoxy groups -OCH3 is 1. The molecule has 1 unspecified atom stereocenters. The molecule has 2 N–H and O–H groups in total. The zero-order chi connectivity index (χ0) is 13.0. The zero-order valence-corrected chi connectivity index (χ0v) is 10.3. The number of nitrogens with one attached hydrogen (secondary N) is 2. The van der Waals surface area contributed by atoms with E-state index in [1.165, 1.54) is 13.2 Å². The van der Waals surface area contributed by atoms with Crippen molar-refractivity contribution in [2.45, 2.75) is 6.42 Å². The Morgan fingerprint density at radius 2 is 2.44 bits per heavy atom. The van der Waals surface area contributed by atoms with Crippen LogP contribution in [0.3, 0.4) is 0 Å². The highest BCUT2D eigenvalue weighted by Gasteiger charge is 2.16. The molecule has 1 aliphatic heterocycles. The highest BCUT2D eigenvalue weighted by molar-refractivity contribution is 5.57. The van der Waals surface area contributed by atoms with Crippen molar-refractivity contribution in [3.05, 3.63) is 28.3 Å². The molecule has 6 nitrogen and oxygen atoms in total. The fourth-order valence-corrected chi connectivity index (χ4v) is 2.09. The number of hydrogen-bond donors (Lipinski definition) is 2. The second-order valence-electron chi connectivity index (χ2n) is 4.38. The Bertz CT molecular complexity index is 431. The summed E-state index contributed by atoms with van der Waals surface area (Å²) >= 11 is 0. The van der Waals surface area contributed by atoms with E-state index in [2.05, 4.69) is 10.6 Å². The predicted molar refractivity (Wildman–Crippen MR) is 69.1 cm³/mol. The summed E-state index contributed by atoms with van der Waals surface area (Å²) in [6.07, 6.45) is 1.16. The first-order chi connectivity index (χ1) is 8.70. The molecule has 0 aromatic heterocycles. The van der Waals surface area contributed by atoms with Crippen LogP contribution in [0.25, 0.3) is 0 Å². The lowest BCUT2D eigenvalue weighted by Crippen LogP contribution is -2.17. The molecule has 18 heavy (non-hydrogen) atoms. The molecule has 1 fully saturated rings. The van der Waals surface area contributed by atoms with Crippen LogP contribution >= 0.6 is 0 Å². The predicted octanol–water partition coefficient (Wildman–Crippen LogP) is 1.62. The number of nitro groups is 1. The highest BCUT2D eigenvalue weighted by Crippen LogP contribution is 2.29. The SMILES string of the molecule is COc1cc(NCC2CCNC2)ccc1[N+](=O)[O-]. The van der Waals surface area contributed by atoms with Gasteiger partial charge < -0.3 is 15.4 Å². The summed E-state index contributed by atoms with van der Waals surface area (Å²) in [5, 5.41) is 17.3. The molecule has 1 saturated heterocycles.